The van der Waals surface area contributed by atoms with E-state index in [-0.39, 0.29) is 0 Å². The zero-order valence-electron chi connectivity index (χ0n) is 15.6. The zero-order chi connectivity index (χ0) is 18.9. The van der Waals surface area contributed by atoms with Gasteiger partial charge in [0.15, 0.2) is 5.82 Å². The van der Waals surface area contributed by atoms with E-state index in [2.05, 4.69) is 101 Å². The largest absolute Gasteiger partial charge is 0.338 e. The van der Waals surface area contributed by atoms with Crippen molar-refractivity contribution in [2.75, 3.05) is 5.32 Å². The first kappa shape index (κ1) is 16.5. The molecule has 0 fully saturated rings. The molecule has 0 spiro atoms. The Morgan fingerprint density at radius 2 is 1.29 bits per heavy atom. The van der Waals surface area contributed by atoms with E-state index in [0.29, 0.717) is 0 Å². The Morgan fingerprint density at radius 1 is 0.607 bits per heavy atom. The van der Waals surface area contributed by atoms with Crippen molar-refractivity contribution in [2.45, 2.75) is 6.92 Å². The maximum absolute atomic E-state index is 4.57. The highest BCUT2D eigenvalue weighted by Gasteiger charge is 2.12. The normalized spacial score (nSPS) is 11.0. The Hall–Kier alpha value is -3.72. The Labute approximate surface area is 163 Å². The van der Waals surface area contributed by atoms with Crippen LogP contribution in [0, 0.1) is 6.92 Å². The maximum atomic E-state index is 4.57. The molecule has 0 atom stereocenters. The Bertz CT molecular complexity index is 1290. The molecule has 3 heteroatoms. The van der Waals surface area contributed by atoms with Gasteiger partial charge in [0, 0.05) is 27.4 Å². The van der Waals surface area contributed by atoms with Gasteiger partial charge in [0.25, 0.3) is 0 Å². The molecule has 0 aliphatic rings. The summed E-state index contributed by atoms with van der Waals surface area (Å²) in [6, 6.07) is 31.3. The third-order valence-corrected chi connectivity index (χ3v) is 5.06. The van der Waals surface area contributed by atoms with Crippen LogP contribution in [0.3, 0.4) is 0 Å². The minimum absolute atomic E-state index is 0.766. The van der Waals surface area contributed by atoms with Crippen molar-refractivity contribution in [3.63, 3.8) is 0 Å². The second-order valence-electron chi connectivity index (χ2n) is 6.96. The van der Waals surface area contributed by atoms with Crippen LogP contribution in [0.2, 0.25) is 0 Å². The molecule has 0 saturated heterocycles. The van der Waals surface area contributed by atoms with E-state index < -0.39 is 0 Å². The van der Waals surface area contributed by atoms with Crippen LogP contribution in [0.25, 0.3) is 32.8 Å². The SMILES string of the molecule is Cc1ccc(-c2nnc(Nc3cccc4ccccc34)c3ccccc23)cc1. The summed E-state index contributed by atoms with van der Waals surface area (Å²) in [5.41, 5.74) is 4.24. The number of rotatable bonds is 3. The summed E-state index contributed by atoms with van der Waals surface area (Å²) >= 11 is 0. The minimum Gasteiger partial charge on any atom is -0.338 e. The fourth-order valence-corrected chi connectivity index (χ4v) is 3.58. The third kappa shape index (κ3) is 2.87. The van der Waals surface area contributed by atoms with Crippen molar-refractivity contribution in [1.82, 2.24) is 10.2 Å². The summed E-state index contributed by atoms with van der Waals surface area (Å²) in [5.74, 6) is 0.766. The molecule has 0 radical (unpaired) electrons. The predicted molar refractivity (Wildman–Crippen MR) is 117 cm³/mol. The number of aryl methyl sites for hydroxylation is 1. The van der Waals surface area contributed by atoms with Gasteiger partial charge in [-0.1, -0.05) is 90.5 Å². The maximum Gasteiger partial charge on any atom is 0.161 e. The van der Waals surface area contributed by atoms with Crippen molar-refractivity contribution >= 4 is 33.1 Å². The molecule has 3 nitrogen and oxygen atoms in total. The smallest absolute Gasteiger partial charge is 0.161 e. The van der Waals surface area contributed by atoms with E-state index in [1.165, 1.54) is 16.3 Å². The second-order valence-corrected chi connectivity index (χ2v) is 6.96. The summed E-state index contributed by atoms with van der Waals surface area (Å²) in [6.07, 6.45) is 0. The number of nitrogens with one attached hydrogen (secondary N) is 1. The molecule has 1 heterocycles. The fraction of sp³-hybridized carbons (Fsp3) is 0.0400. The van der Waals surface area contributed by atoms with Crippen LogP contribution >= 0.6 is 0 Å². The average Bonchev–Trinajstić information content (AvgIpc) is 2.75. The number of fused-ring (bicyclic) bond motifs is 2. The molecule has 134 valence electrons. The molecule has 28 heavy (non-hydrogen) atoms. The molecule has 0 bridgehead atoms. The molecule has 5 aromatic rings. The third-order valence-electron chi connectivity index (χ3n) is 5.06. The van der Waals surface area contributed by atoms with Crippen molar-refractivity contribution in [3.8, 4) is 11.3 Å². The van der Waals surface area contributed by atoms with Crippen molar-refractivity contribution < 1.29 is 0 Å². The van der Waals surface area contributed by atoms with Gasteiger partial charge in [-0.05, 0) is 18.4 Å². The molecule has 4 aromatic carbocycles. The first-order valence-electron chi connectivity index (χ1n) is 9.37. The number of hydrogen-bond acceptors (Lipinski definition) is 3. The van der Waals surface area contributed by atoms with Crippen LogP contribution in [0.15, 0.2) is 91.0 Å². The lowest BCUT2D eigenvalue weighted by atomic mass is 10.0. The minimum atomic E-state index is 0.766. The van der Waals surface area contributed by atoms with Gasteiger partial charge in [0.05, 0.1) is 0 Å². The van der Waals surface area contributed by atoms with Crippen molar-refractivity contribution in [3.05, 3.63) is 96.6 Å². The molecule has 0 aliphatic heterocycles. The Balaban J connectivity index is 1.65. The highest BCUT2D eigenvalue weighted by atomic mass is 15.2. The van der Waals surface area contributed by atoms with Crippen LogP contribution in [0.1, 0.15) is 5.56 Å². The van der Waals surface area contributed by atoms with Crippen LogP contribution < -0.4 is 5.32 Å². The lowest BCUT2D eigenvalue weighted by molar-refractivity contribution is 1.06. The van der Waals surface area contributed by atoms with Crippen molar-refractivity contribution in [2.24, 2.45) is 0 Å². The predicted octanol–water partition coefficient (Wildman–Crippen LogP) is 6.50. The zero-order valence-corrected chi connectivity index (χ0v) is 15.6. The number of benzene rings is 4. The fourth-order valence-electron chi connectivity index (χ4n) is 3.58. The number of hydrogen-bond donors (Lipinski definition) is 1. The van der Waals surface area contributed by atoms with Crippen LogP contribution in [0.5, 0.6) is 0 Å². The molecule has 1 aromatic heterocycles. The summed E-state index contributed by atoms with van der Waals surface area (Å²) in [5, 5.41) is 17.1. The monoisotopic (exact) mass is 361 g/mol. The van der Waals surface area contributed by atoms with Crippen LogP contribution in [-0.2, 0) is 0 Å². The van der Waals surface area contributed by atoms with E-state index >= 15 is 0 Å². The molecule has 1 N–H and O–H groups in total. The highest BCUT2D eigenvalue weighted by Crippen LogP contribution is 2.32. The molecule has 5 rings (SSSR count). The molecule has 0 amide bonds. The first-order valence-corrected chi connectivity index (χ1v) is 9.37. The lowest BCUT2D eigenvalue weighted by Crippen LogP contribution is -1.99. The quantitative estimate of drug-likeness (QED) is 0.398. The van der Waals surface area contributed by atoms with E-state index in [1.54, 1.807) is 0 Å². The number of aromatic nitrogens is 2. The van der Waals surface area contributed by atoms with Gasteiger partial charge in [-0.25, -0.2) is 0 Å². The standard InChI is InChI=1S/C25H19N3/c1-17-13-15-19(16-14-17)24-21-10-4-5-11-22(21)25(28-27-24)26-23-12-6-8-18-7-2-3-9-20(18)23/h2-16H,1H3,(H,26,28). The van der Waals surface area contributed by atoms with E-state index in [0.717, 1.165) is 33.5 Å². The number of nitrogens with zero attached hydrogens (tertiary/aromatic N) is 2. The van der Waals surface area contributed by atoms with Crippen molar-refractivity contribution in [1.29, 1.82) is 0 Å². The summed E-state index contributed by atoms with van der Waals surface area (Å²) in [4.78, 5) is 0. The summed E-state index contributed by atoms with van der Waals surface area (Å²) < 4.78 is 0. The van der Waals surface area contributed by atoms with E-state index in [9.17, 15) is 0 Å². The van der Waals surface area contributed by atoms with E-state index in [4.69, 9.17) is 0 Å². The second kappa shape index (κ2) is 6.78. The van der Waals surface area contributed by atoms with Gasteiger partial charge in [0.1, 0.15) is 5.69 Å². The van der Waals surface area contributed by atoms with E-state index in [1.807, 2.05) is 12.1 Å². The number of anilines is 2. The molecular weight excluding hydrogens is 342 g/mol. The molecule has 0 unspecified atom stereocenters. The van der Waals surface area contributed by atoms with Gasteiger partial charge >= 0.3 is 0 Å². The van der Waals surface area contributed by atoms with Gasteiger partial charge in [0.2, 0.25) is 0 Å². The van der Waals surface area contributed by atoms with Crippen LogP contribution in [0.4, 0.5) is 11.5 Å². The van der Waals surface area contributed by atoms with Gasteiger partial charge < -0.3 is 5.32 Å². The van der Waals surface area contributed by atoms with Gasteiger partial charge in [-0.15, -0.1) is 10.2 Å². The average molecular weight is 361 g/mol. The summed E-state index contributed by atoms with van der Waals surface area (Å²) in [7, 11) is 0. The Morgan fingerprint density at radius 3 is 2.11 bits per heavy atom. The molecule has 0 aliphatic carbocycles. The summed E-state index contributed by atoms with van der Waals surface area (Å²) in [6.45, 7) is 2.09. The Kier molecular flexibility index (Phi) is 3.99. The van der Waals surface area contributed by atoms with Gasteiger partial charge in [-0.3, -0.25) is 0 Å². The first-order chi connectivity index (χ1) is 13.8. The van der Waals surface area contributed by atoms with Crippen LogP contribution in [-0.4, -0.2) is 10.2 Å². The van der Waals surface area contributed by atoms with Gasteiger partial charge in [-0.2, -0.15) is 0 Å². The molecule has 0 saturated carbocycles. The highest BCUT2D eigenvalue weighted by molar-refractivity contribution is 6.03. The topological polar surface area (TPSA) is 37.8 Å². The lowest BCUT2D eigenvalue weighted by Gasteiger charge is -2.13. The molecular formula is C25H19N3.